The molecule has 3 heterocycles. The van der Waals surface area contributed by atoms with Gasteiger partial charge in [0.05, 0.1) is 0 Å². The van der Waals surface area contributed by atoms with Crippen molar-refractivity contribution in [3.63, 3.8) is 0 Å². The molecule has 170 valence electrons. The molecule has 1 aromatic rings. The first-order valence-corrected chi connectivity index (χ1v) is 12.5. The molecule has 0 aromatic carbocycles. The van der Waals surface area contributed by atoms with Crippen LogP contribution in [0.1, 0.15) is 52.3 Å². The zero-order valence-corrected chi connectivity index (χ0v) is 19.8. The lowest BCUT2D eigenvalue weighted by atomic mass is 9.93. The van der Waals surface area contributed by atoms with E-state index in [1.165, 1.54) is 17.1 Å². The van der Waals surface area contributed by atoms with Crippen LogP contribution in [0.4, 0.5) is 0 Å². The average Bonchev–Trinajstić information content (AvgIpc) is 3.05. The molecule has 1 atom stereocenters. The molecule has 9 heteroatoms. The average molecular weight is 440 g/mol. The fourth-order valence-corrected chi connectivity index (χ4v) is 5.93. The predicted octanol–water partition coefficient (Wildman–Crippen LogP) is 1.76. The number of aromatic nitrogens is 2. The van der Waals surface area contributed by atoms with Crippen molar-refractivity contribution < 1.29 is 13.2 Å². The number of nitrogens with one attached hydrogen (secondary N) is 1. The molecule has 0 spiro atoms. The molecular weight excluding hydrogens is 402 g/mol. The second-order valence-electron chi connectivity index (χ2n) is 9.64. The summed E-state index contributed by atoms with van der Waals surface area (Å²) >= 11 is 0. The zero-order chi connectivity index (χ0) is 22.1. The van der Waals surface area contributed by atoms with Crippen LogP contribution in [0.25, 0.3) is 0 Å². The minimum atomic E-state index is -3.61. The van der Waals surface area contributed by atoms with Crippen LogP contribution in [0, 0.1) is 18.8 Å². The monoisotopic (exact) mass is 439 g/mol. The Labute approximate surface area is 181 Å². The first-order chi connectivity index (χ1) is 14.0. The Balaban J connectivity index is 1.51. The molecule has 0 radical (unpaired) electrons. The summed E-state index contributed by atoms with van der Waals surface area (Å²) in [6, 6.07) is 0. The van der Waals surface area contributed by atoms with Gasteiger partial charge in [-0.3, -0.25) is 9.69 Å². The van der Waals surface area contributed by atoms with Gasteiger partial charge in [-0.1, -0.05) is 6.92 Å². The first kappa shape index (κ1) is 23.2. The van der Waals surface area contributed by atoms with Gasteiger partial charge >= 0.3 is 0 Å². The Hall–Kier alpha value is -1.45. The van der Waals surface area contributed by atoms with Crippen LogP contribution in [0.3, 0.4) is 0 Å². The van der Waals surface area contributed by atoms with E-state index >= 15 is 0 Å². The number of rotatable bonds is 6. The van der Waals surface area contributed by atoms with Crippen LogP contribution in [0.2, 0.25) is 0 Å². The van der Waals surface area contributed by atoms with E-state index in [0.717, 1.165) is 13.1 Å². The highest BCUT2D eigenvalue weighted by Gasteiger charge is 2.35. The van der Waals surface area contributed by atoms with Crippen LogP contribution in [0.15, 0.2) is 11.2 Å². The molecule has 1 amide bonds. The molecule has 0 aliphatic carbocycles. The van der Waals surface area contributed by atoms with Crippen molar-refractivity contribution in [2.75, 3.05) is 32.7 Å². The van der Waals surface area contributed by atoms with Gasteiger partial charge in [0.15, 0.2) is 5.03 Å². The van der Waals surface area contributed by atoms with Gasteiger partial charge in [-0.25, -0.2) is 13.4 Å². The maximum atomic E-state index is 12.8. The van der Waals surface area contributed by atoms with E-state index in [1.54, 1.807) is 24.7 Å². The maximum Gasteiger partial charge on any atom is 0.262 e. The molecule has 0 saturated carbocycles. The molecule has 1 N–H and O–H groups in total. The normalized spacial score (nSPS) is 22.9. The third-order valence-electron chi connectivity index (χ3n) is 6.72. The zero-order valence-electron chi connectivity index (χ0n) is 19.0. The third kappa shape index (κ3) is 5.06. The number of likely N-dealkylation sites (tertiary alicyclic amines) is 1. The van der Waals surface area contributed by atoms with Crippen LogP contribution in [-0.4, -0.2) is 71.3 Å². The molecule has 2 saturated heterocycles. The largest absolute Gasteiger partial charge is 0.354 e. The minimum Gasteiger partial charge on any atom is -0.354 e. The molecule has 1 unspecified atom stereocenters. The fourth-order valence-electron chi connectivity index (χ4n) is 4.44. The number of imidazole rings is 1. The van der Waals surface area contributed by atoms with Gasteiger partial charge in [-0.15, -0.1) is 0 Å². The Morgan fingerprint density at radius 2 is 1.90 bits per heavy atom. The fraction of sp³-hybridized carbons (Fsp3) is 0.810. The van der Waals surface area contributed by atoms with E-state index in [4.69, 9.17) is 0 Å². The first-order valence-electron chi connectivity index (χ1n) is 11.0. The van der Waals surface area contributed by atoms with Crippen molar-refractivity contribution in [3.8, 4) is 0 Å². The highest BCUT2D eigenvalue weighted by atomic mass is 32.2. The highest BCUT2D eigenvalue weighted by Crippen LogP contribution is 2.25. The summed E-state index contributed by atoms with van der Waals surface area (Å²) < 4.78 is 28.8. The summed E-state index contributed by atoms with van der Waals surface area (Å²) in [5, 5.41) is 3.22. The van der Waals surface area contributed by atoms with Crippen molar-refractivity contribution in [2.24, 2.45) is 18.9 Å². The van der Waals surface area contributed by atoms with E-state index < -0.39 is 10.0 Å². The van der Waals surface area contributed by atoms with Gasteiger partial charge in [0.2, 0.25) is 5.91 Å². The van der Waals surface area contributed by atoms with Gasteiger partial charge in [0.25, 0.3) is 10.0 Å². The van der Waals surface area contributed by atoms with Gasteiger partial charge in [-0.05, 0) is 58.9 Å². The topological polar surface area (TPSA) is 87.5 Å². The second-order valence-corrected chi connectivity index (χ2v) is 11.5. The minimum absolute atomic E-state index is 0.0406. The molecular formula is C21H37N5O3S. The number of piperidine rings is 2. The van der Waals surface area contributed by atoms with Crippen LogP contribution < -0.4 is 5.32 Å². The van der Waals surface area contributed by atoms with Gasteiger partial charge in [0.1, 0.15) is 5.82 Å². The van der Waals surface area contributed by atoms with Crippen molar-refractivity contribution in [1.29, 1.82) is 0 Å². The standard InChI is InChI=1S/C21H37N5O3S/c1-16-7-6-10-25(13-16)21(3,4)15-22-20(27)18-8-11-26(12-9-18)30(28,29)19-14-24(5)17(2)23-19/h14,16,18H,6-13,15H2,1-5H3,(H,22,27). The van der Waals surface area contributed by atoms with Gasteiger partial charge in [0, 0.05) is 50.9 Å². The lowest BCUT2D eigenvalue weighted by molar-refractivity contribution is -0.126. The Bertz CT molecular complexity index is 836. The number of carbonyl (C=O) groups excluding carboxylic acids is 1. The summed E-state index contributed by atoms with van der Waals surface area (Å²) in [7, 11) is -1.82. The van der Waals surface area contributed by atoms with E-state index in [1.807, 2.05) is 0 Å². The molecule has 30 heavy (non-hydrogen) atoms. The summed E-state index contributed by atoms with van der Waals surface area (Å²) in [5.74, 6) is 1.26. The van der Waals surface area contributed by atoms with Crippen LogP contribution in [0.5, 0.6) is 0 Å². The number of aryl methyl sites for hydroxylation is 2. The number of hydrogen-bond donors (Lipinski definition) is 1. The Morgan fingerprint density at radius 1 is 1.23 bits per heavy atom. The van der Waals surface area contributed by atoms with Gasteiger partial charge < -0.3 is 9.88 Å². The molecule has 1 aromatic heterocycles. The lowest BCUT2D eigenvalue weighted by Gasteiger charge is -2.43. The van der Waals surface area contributed by atoms with E-state index in [9.17, 15) is 13.2 Å². The molecule has 2 fully saturated rings. The van der Waals surface area contributed by atoms with Crippen LogP contribution >= 0.6 is 0 Å². The maximum absolute atomic E-state index is 12.8. The smallest absolute Gasteiger partial charge is 0.262 e. The van der Waals surface area contributed by atoms with Crippen molar-refractivity contribution in [2.45, 2.75) is 63.9 Å². The van der Waals surface area contributed by atoms with Crippen molar-refractivity contribution in [1.82, 2.24) is 24.1 Å². The summed E-state index contributed by atoms with van der Waals surface area (Å²) in [6.45, 7) is 11.9. The van der Waals surface area contributed by atoms with E-state index in [2.05, 4.69) is 36.0 Å². The van der Waals surface area contributed by atoms with Crippen molar-refractivity contribution >= 4 is 15.9 Å². The number of sulfonamides is 1. The van der Waals surface area contributed by atoms with E-state index in [0.29, 0.717) is 44.2 Å². The van der Waals surface area contributed by atoms with Gasteiger partial charge in [-0.2, -0.15) is 4.31 Å². The number of carbonyl (C=O) groups is 1. The highest BCUT2D eigenvalue weighted by molar-refractivity contribution is 7.89. The Kier molecular flexibility index (Phi) is 6.94. The summed E-state index contributed by atoms with van der Waals surface area (Å²) in [5.41, 5.74) is -0.0782. The second kappa shape index (κ2) is 8.96. The molecule has 2 aliphatic heterocycles. The van der Waals surface area contributed by atoms with E-state index in [-0.39, 0.29) is 22.4 Å². The number of amides is 1. The van der Waals surface area contributed by atoms with Crippen molar-refractivity contribution in [3.05, 3.63) is 12.0 Å². The lowest BCUT2D eigenvalue weighted by Crippen LogP contribution is -2.55. The Morgan fingerprint density at radius 3 is 2.47 bits per heavy atom. The quantitative estimate of drug-likeness (QED) is 0.730. The number of hydrogen-bond acceptors (Lipinski definition) is 5. The molecule has 8 nitrogen and oxygen atoms in total. The summed E-state index contributed by atoms with van der Waals surface area (Å²) in [4.78, 5) is 19.4. The third-order valence-corrected chi connectivity index (χ3v) is 8.49. The number of nitrogens with zero attached hydrogens (tertiary/aromatic N) is 4. The SMILES string of the molecule is Cc1nc(S(=O)(=O)N2CCC(C(=O)NCC(C)(C)N3CCCC(C)C3)CC2)cn1C. The van der Waals surface area contributed by atoms with Crippen LogP contribution in [-0.2, 0) is 21.9 Å². The molecule has 2 aliphatic rings. The summed E-state index contributed by atoms with van der Waals surface area (Å²) in [6.07, 6.45) is 5.11. The predicted molar refractivity (Wildman–Crippen MR) is 116 cm³/mol. The molecule has 3 rings (SSSR count). The molecule has 0 bridgehead atoms.